The van der Waals surface area contributed by atoms with Crippen LogP contribution in [0.15, 0.2) is 97.1 Å². The van der Waals surface area contributed by atoms with Gasteiger partial charge in [-0.05, 0) is 37.1 Å². The Kier molecular flexibility index (Phi) is 6.12. The van der Waals surface area contributed by atoms with Crippen molar-refractivity contribution in [3.63, 3.8) is 0 Å². The Bertz CT molecular complexity index is 1270. The number of rotatable bonds is 5. The Morgan fingerprint density at radius 3 is 1.91 bits per heavy atom. The molecule has 0 bridgehead atoms. The van der Waals surface area contributed by atoms with Crippen LogP contribution in [0.4, 0.5) is 0 Å². The maximum atomic E-state index is 15.1. The lowest BCUT2D eigenvalue weighted by atomic mass is 9.98. The Morgan fingerprint density at radius 2 is 1.34 bits per heavy atom. The standard InChI is InChI=1S/C28H25O3P/c1-20-17-18-25(28-21(2)11-10-16-26(28)31-22(3)29)27(19-20)32(30,23-12-6-4-7-13-23)24-14-8-5-9-15-24/h4-19H,1-3H3. The number of ether oxygens (including phenoxy) is 1. The van der Waals surface area contributed by atoms with E-state index >= 15 is 4.57 Å². The molecule has 0 spiro atoms. The van der Waals surface area contributed by atoms with Crippen LogP contribution >= 0.6 is 7.14 Å². The first kappa shape index (κ1) is 21.8. The molecule has 3 nitrogen and oxygen atoms in total. The molecule has 4 aromatic rings. The highest BCUT2D eigenvalue weighted by Gasteiger charge is 2.33. The van der Waals surface area contributed by atoms with Crippen LogP contribution < -0.4 is 20.7 Å². The molecule has 4 rings (SSSR count). The van der Waals surface area contributed by atoms with Gasteiger partial charge in [0.15, 0.2) is 7.14 Å². The van der Waals surface area contributed by atoms with Gasteiger partial charge in [0.2, 0.25) is 0 Å². The van der Waals surface area contributed by atoms with E-state index < -0.39 is 7.14 Å². The predicted molar refractivity (Wildman–Crippen MR) is 132 cm³/mol. The summed E-state index contributed by atoms with van der Waals surface area (Å²) in [6.45, 7) is 5.36. The van der Waals surface area contributed by atoms with E-state index in [1.807, 2.05) is 105 Å². The number of hydrogen-bond acceptors (Lipinski definition) is 3. The molecule has 4 heteroatoms. The Labute approximate surface area is 189 Å². The maximum Gasteiger partial charge on any atom is 0.308 e. The second kappa shape index (κ2) is 8.98. The molecule has 0 saturated carbocycles. The molecule has 0 fully saturated rings. The van der Waals surface area contributed by atoms with Crippen LogP contribution in [0.2, 0.25) is 0 Å². The van der Waals surface area contributed by atoms with Crippen molar-refractivity contribution in [3.8, 4) is 16.9 Å². The monoisotopic (exact) mass is 440 g/mol. The molecule has 0 aromatic heterocycles. The molecule has 0 amide bonds. The third-order valence-electron chi connectivity index (χ3n) is 5.49. The van der Waals surface area contributed by atoms with Gasteiger partial charge in [-0.2, -0.15) is 0 Å². The quantitative estimate of drug-likeness (QED) is 0.233. The Morgan fingerprint density at radius 1 is 0.750 bits per heavy atom. The van der Waals surface area contributed by atoms with Gasteiger partial charge < -0.3 is 9.30 Å². The van der Waals surface area contributed by atoms with E-state index in [1.54, 1.807) is 6.07 Å². The minimum Gasteiger partial charge on any atom is -0.426 e. The second-order valence-corrected chi connectivity index (χ2v) is 10.6. The first-order chi connectivity index (χ1) is 15.4. The normalized spacial score (nSPS) is 11.2. The van der Waals surface area contributed by atoms with Crippen molar-refractivity contribution >= 4 is 29.0 Å². The van der Waals surface area contributed by atoms with Crippen molar-refractivity contribution in [2.75, 3.05) is 0 Å². The van der Waals surface area contributed by atoms with Gasteiger partial charge in [0.25, 0.3) is 0 Å². The topological polar surface area (TPSA) is 43.4 Å². The van der Waals surface area contributed by atoms with E-state index in [2.05, 4.69) is 0 Å². The third kappa shape index (κ3) is 4.04. The van der Waals surface area contributed by atoms with Crippen LogP contribution in [-0.4, -0.2) is 5.97 Å². The highest BCUT2D eigenvalue weighted by Crippen LogP contribution is 2.47. The van der Waals surface area contributed by atoms with Crippen LogP contribution in [0.3, 0.4) is 0 Å². The highest BCUT2D eigenvalue weighted by molar-refractivity contribution is 7.85. The first-order valence-corrected chi connectivity index (χ1v) is 12.2. The van der Waals surface area contributed by atoms with Gasteiger partial charge in [-0.1, -0.05) is 90.5 Å². The Hall–Kier alpha value is -3.42. The van der Waals surface area contributed by atoms with Gasteiger partial charge in [-0.25, -0.2) is 0 Å². The van der Waals surface area contributed by atoms with Gasteiger partial charge in [0.05, 0.1) is 0 Å². The fourth-order valence-electron chi connectivity index (χ4n) is 4.04. The largest absolute Gasteiger partial charge is 0.426 e. The lowest BCUT2D eigenvalue weighted by molar-refractivity contribution is -0.131. The predicted octanol–water partition coefficient (Wildman–Crippen LogP) is 5.54. The summed E-state index contributed by atoms with van der Waals surface area (Å²) >= 11 is 0. The summed E-state index contributed by atoms with van der Waals surface area (Å²) in [6, 6.07) is 30.8. The number of esters is 1. The summed E-state index contributed by atoms with van der Waals surface area (Å²) < 4.78 is 20.7. The summed E-state index contributed by atoms with van der Waals surface area (Å²) in [5.74, 6) is 0.0788. The van der Waals surface area contributed by atoms with E-state index in [0.717, 1.165) is 38.2 Å². The summed E-state index contributed by atoms with van der Waals surface area (Å²) in [4.78, 5) is 11.8. The minimum atomic E-state index is -3.22. The van der Waals surface area contributed by atoms with E-state index in [0.29, 0.717) is 5.75 Å². The van der Waals surface area contributed by atoms with Crippen molar-refractivity contribution in [1.82, 2.24) is 0 Å². The average Bonchev–Trinajstić information content (AvgIpc) is 2.80. The van der Waals surface area contributed by atoms with Crippen molar-refractivity contribution < 1.29 is 14.1 Å². The van der Waals surface area contributed by atoms with Crippen LogP contribution in [0.1, 0.15) is 18.1 Å². The molecule has 0 radical (unpaired) electrons. The van der Waals surface area contributed by atoms with E-state index in [4.69, 9.17) is 4.74 Å². The number of carbonyl (C=O) groups excluding carboxylic acids is 1. The summed E-state index contributed by atoms with van der Waals surface area (Å²) in [7, 11) is -3.22. The molecule has 4 aromatic carbocycles. The average molecular weight is 440 g/mol. The van der Waals surface area contributed by atoms with Gasteiger partial charge in [-0.15, -0.1) is 0 Å². The molecule has 0 unspecified atom stereocenters. The SMILES string of the molecule is CC(=O)Oc1cccc(C)c1-c1ccc(C)cc1P(=O)(c1ccccc1)c1ccccc1. The fraction of sp³-hybridized carbons (Fsp3) is 0.107. The van der Waals surface area contributed by atoms with Gasteiger partial charge in [0, 0.05) is 28.4 Å². The summed E-state index contributed by atoms with van der Waals surface area (Å²) in [5.41, 5.74) is 3.55. The molecular weight excluding hydrogens is 415 g/mol. The summed E-state index contributed by atoms with van der Waals surface area (Å²) in [5, 5.41) is 2.26. The summed E-state index contributed by atoms with van der Waals surface area (Å²) in [6.07, 6.45) is 0. The fourth-order valence-corrected chi connectivity index (χ4v) is 6.99. The maximum absolute atomic E-state index is 15.1. The molecular formula is C28H25O3P. The van der Waals surface area contributed by atoms with Gasteiger partial charge in [0.1, 0.15) is 5.75 Å². The zero-order chi connectivity index (χ0) is 22.7. The van der Waals surface area contributed by atoms with Crippen LogP contribution in [0.25, 0.3) is 11.1 Å². The lowest BCUT2D eigenvalue weighted by Gasteiger charge is -2.24. The molecule has 0 aliphatic carbocycles. The molecule has 0 aliphatic heterocycles. The van der Waals surface area contributed by atoms with Crippen LogP contribution in [0, 0.1) is 13.8 Å². The minimum absolute atomic E-state index is 0.389. The van der Waals surface area contributed by atoms with Crippen molar-refractivity contribution in [1.29, 1.82) is 0 Å². The molecule has 0 saturated heterocycles. The zero-order valence-electron chi connectivity index (χ0n) is 18.4. The third-order valence-corrected chi connectivity index (χ3v) is 8.59. The highest BCUT2D eigenvalue weighted by atomic mass is 31.2. The first-order valence-electron chi connectivity index (χ1n) is 10.5. The van der Waals surface area contributed by atoms with Gasteiger partial charge in [-0.3, -0.25) is 4.79 Å². The van der Waals surface area contributed by atoms with E-state index in [9.17, 15) is 4.79 Å². The molecule has 0 heterocycles. The number of benzene rings is 4. The smallest absolute Gasteiger partial charge is 0.308 e. The van der Waals surface area contributed by atoms with Gasteiger partial charge >= 0.3 is 5.97 Å². The van der Waals surface area contributed by atoms with Crippen LogP contribution in [0.5, 0.6) is 5.75 Å². The zero-order valence-corrected chi connectivity index (χ0v) is 19.3. The lowest BCUT2D eigenvalue weighted by Crippen LogP contribution is -2.26. The molecule has 32 heavy (non-hydrogen) atoms. The van der Waals surface area contributed by atoms with Crippen molar-refractivity contribution in [2.24, 2.45) is 0 Å². The van der Waals surface area contributed by atoms with Crippen molar-refractivity contribution in [3.05, 3.63) is 108 Å². The van der Waals surface area contributed by atoms with Crippen LogP contribution in [-0.2, 0) is 9.36 Å². The Balaban J connectivity index is 2.09. The number of carbonyl (C=O) groups is 1. The number of hydrogen-bond donors (Lipinski definition) is 0. The molecule has 0 aliphatic rings. The molecule has 0 atom stereocenters. The second-order valence-electron chi connectivity index (χ2n) is 7.84. The van der Waals surface area contributed by atoms with E-state index in [-0.39, 0.29) is 5.97 Å². The molecule has 160 valence electrons. The van der Waals surface area contributed by atoms with Crippen molar-refractivity contribution in [2.45, 2.75) is 20.8 Å². The van der Waals surface area contributed by atoms with E-state index in [1.165, 1.54) is 6.92 Å². The number of aryl methyl sites for hydroxylation is 2. The molecule has 0 N–H and O–H groups in total.